The molecule has 12 heteroatoms. The summed E-state index contributed by atoms with van der Waals surface area (Å²) in [4.78, 5) is 39.3. The van der Waals surface area contributed by atoms with Crippen molar-refractivity contribution in [2.45, 2.75) is 32.8 Å². The fourth-order valence-electron chi connectivity index (χ4n) is 3.62. The maximum atomic E-state index is 13.4. The Labute approximate surface area is 224 Å². The van der Waals surface area contributed by atoms with Gasteiger partial charge in [0.05, 0.1) is 27.0 Å². The number of ether oxygens (including phenoxy) is 1. The smallest absolute Gasteiger partial charge is 0.282 e. The van der Waals surface area contributed by atoms with Crippen molar-refractivity contribution in [1.82, 2.24) is 9.66 Å². The molecule has 0 aliphatic rings. The van der Waals surface area contributed by atoms with Gasteiger partial charge in [0.25, 0.3) is 16.9 Å². The second-order valence-electron chi connectivity index (χ2n) is 9.40. The van der Waals surface area contributed by atoms with E-state index in [1.807, 2.05) is 20.8 Å². The summed E-state index contributed by atoms with van der Waals surface area (Å²) in [6.07, 6.45) is 1.32. The lowest BCUT2D eigenvalue weighted by molar-refractivity contribution is -0.385. The van der Waals surface area contributed by atoms with Gasteiger partial charge < -0.3 is 4.74 Å². The molecule has 38 heavy (non-hydrogen) atoms. The molecule has 194 valence electrons. The fraction of sp³-hybridized carbons (Fsp3) is 0.192. The van der Waals surface area contributed by atoms with Gasteiger partial charge in [-0.1, -0.05) is 36.7 Å². The molecule has 0 radical (unpaired) electrons. The van der Waals surface area contributed by atoms with Gasteiger partial charge in [-0.3, -0.25) is 25.0 Å². The Bertz CT molecular complexity index is 1640. The monoisotopic (exact) mass is 579 g/mol. The standard InChI is InChI=1S/C26H22BrN5O6/c1-26(2,3)25-29-22-10-6-18(27)13-21(22)24(33)30(25)28-14-17-12-20(32(36)37)9-11-23(17)38-15-16-4-7-19(8-5-16)31(34)35/h4-14H,15H2,1-3H3. The Hall–Kier alpha value is -4.45. The molecule has 1 heterocycles. The molecule has 11 nitrogen and oxygen atoms in total. The van der Waals surface area contributed by atoms with Crippen LogP contribution in [0.25, 0.3) is 10.9 Å². The molecule has 0 atom stereocenters. The van der Waals surface area contributed by atoms with Crippen molar-refractivity contribution < 1.29 is 14.6 Å². The highest BCUT2D eigenvalue weighted by molar-refractivity contribution is 9.10. The fourth-order valence-corrected chi connectivity index (χ4v) is 3.98. The molecule has 0 unspecified atom stereocenters. The first kappa shape index (κ1) is 26.6. The maximum Gasteiger partial charge on any atom is 0.282 e. The molecular formula is C26H22BrN5O6. The van der Waals surface area contributed by atoms with Gasteiger partial charge in [0.2, 0.25) is 0 Å². The van der Waals surface area contributed by atoms with E-state index in [2.05, 4.69) is 26.0 Å². The minimum absolute atomic E-state index is 0.0481. The van der Waals surface area contributed by atoms with Gasteiger partial charge in [-0.05, 0) is 42.0 Å². The quantitative estimate of drug-likeness (QED) is 0.154. The van der Waals surface area contributed by atoms with Crippen molar-refractivity contribution in [3.05, 3.63) is 113 Å². The summed E-state index contributed by atoms with van der Waals surface area (Å²) in [5, 5.41) is 27.1. The molecule has 0 spiro atoms. The van der Waals surface area contributed by atoms with Crippen molar-refractivity contribution >= 4 is 44.4 Å². The van der Waals surface area contributed by atoms with Crippen LogP contribution in [0.3, 0.4) is 0 Å². The van der Waals surface area contributed by atoms with E-state index in [0.717, 1.165) is 0 Å². The first-order valence-electron chi connectivity index (χ1n) is 11.4. The van der Waals surface area contributed by atoms with Crippen LogP contribution in [0.2, 0.25) is 0 Å². The van der Waals surface area contributed by atoms with Crippen LogP contribution in [0.1, 0.15) is 37.7 Å². The molecule has 3 aromatic carbocycles. The molecule has 0 saturated carbocycles. The van der Waals surface area contributed by atoms with Crippen molar-refractivity contribution in [2.75, 3.05) is 0 Å². The van der Waals surface area contributed by atoms with Crippen LogP contribution in [0.4, 0.5) is 11.4 Å². The number of nitro groups is 2. The lowest BCUT2D eigenvalue weighted by atomic mass is 9.95. The van der Waals surface area contributed by atoms with Crippen LogP contribution in [0.15, 0.2) is 75.0 Å². The van der Waals surface area contributed by atoms with Crippen molar-refractivity contribution in [1.29, 1.82) is 0 Å². The molecular weight excluding hydrogens is 558 g/mol. The molecule has 4 aromatic rings. The molecule has 0 saturated heterocycles. The van der Waals surface area contributed by atoms with Gasteiger partial charge in [0.15, 0.2) is 0 Å². The molecule has 4 rings (SSSR count). The van der Waals surface area contributed by atoms with Gasteiger partial charge in [-0.2, -0.15) is 9.78 Å². The number of hydrogen-bond donors (Lipinski definition) is 0. The zero-order valence-electron chi connectivity index (χ0n) is 20.6. The van der Waals surface area contributed by atoms with Crippen molar-refractivity contribution in [3.63, 3.8) is 0 Å². The van der Waals surface area contributed by atoms with Crippen LogP contribution in [0, 0.1) is 20.2 Å². The predicted molar refractivity (Wildman–Crippen MR) is 146 cm³/mol. The first-order chi connectivity index (χ1) is 17.9. The Morgan fingerprint density at radius 2 is 1.66 bits per heavy atom. The Kier molecular flexibility index (Phi) is 7.35. The first-order valence-corrected chi connectivity index (χ1v) is 12.1. The number of aromatic nitrogens is 2. The number of fused-ring (bicyclic) bond motifs is 1. The normalized spacial score (nSPS) is 11.7. The van der Waals surface area contributed by atoms with E-state index < -0.39 is 20.8 Å². The highest BCUT2D eigenvalue weighted by Crippen LogP contribution is 2.26. The lowest BCUT2D eigenvalue weighted by Crippen LogP contribution is -2.29. The summed E-state index contributed by atoms with van der Waals surface area (Å²) in [6.45, 7) is 5.75. The highest BCUT2D eigenvalue weighted by atomic mass is 79.9. The summed E-state index contributed by atoms with van der Waals surface area (Å²) in [5.74, 6) is 0.687. The third kappa shape index (κ3) is 5.75. The summed E-state index contributed by atoms with van der Waals surface area (Å²) in [6, 6.07) is 15.1. The molecule has 0 amide bonds. The van der Waals surface area contributed by atoms with E-state index in [1.165, 1.54) is 41.2 Å². The number of halogens is 1. The van der Waals surface area contributed by atoms with Crippen LogP contribution in [-0.2, 0) is 12.0 Å². The van der Waals surface area contributed by atoms with Crippen molar-refractivity contribution in [2.24, 2.45) is 5.10 Å². The molecule has 0 bridgehead atoms. The number of nitrogens with zero attached hydrogens (tertiary/aromatic N) is 5. The molecule has 0 N–H and O–H groups in total. The number of non-ortho nitro benzene ring substituents is 2. The largest absolute Gasteiger partial charge is 0.488 e. The van der Waals surface area contributed by atoms with Crippen LogP contribution < -0.4 is 10.3 Å². The second kappa shape index (κ2) is 10.5. The predicted octanol–water partition coefficient (Wildman–Crippen LogP) is 5.73. The lowest BCUT2D eigenvalue weighted by Gasteiger charge is -2.21. The molecule has 0 aliphatic heterocycles. The van der Waals surface area contributed by atoms with E-state index in [9.17, 15) is 25.0 Å². The molecule has 0 fully saturated rings. The van der Waals surface area contributed by atoms with Gasteiger partial charge in [-0.15, -0.1) is 0 Å². The van der Waals surface area contributed by atoms with Gasteiger partial charge >= 0.3 is 0 Å². The Morgan fingerprint density at radius 1 is 1.00 bits per heavy atom. The van der Waals surface area contributed by atoms with E-state index in [4.69, 9.17) is 4.74 Å². The summed E-state index contributed by atoms with van der Waals surface area (Å²) < 4.78 is 7.77. The summed E-state index contributed by atoms with van der Waals surface area (Å²) in [5.41, 5.74) is 0.282. The third-order valence-electron chi connectivity index (χ3n) is 5.54. The zero-order chi connectivity index (χ0) is 27.6. The number of rotatable bonds is 7. The SMILES string of the molecule is CC(C)(C)c1nc2ccc(Br)cc2c(=O)n1N=Cc1cc([N+](=O)[O-])ccc1OCc1ccc([N+](=O)[O-])cc1. The van der Waals surface area contributed by atoms with E-state index in [1.54, 1.807) is 30.3 Å². The average molecular weight is 580 g/mol. The molecule has 0 aliphatic carbocycles. The van der Waals surface area contributed by atoms with Crippen LogP contribution in [0.5, 0.6) is 5.75 Å². The van der Waals surface area contributed by atoms with Crippen molar-refractivity contribution in [3.8, 4) is 5.75 Å². The topological polar surface area (TPSA) is 143 Å². The summed E-state index contributed by atoms with van der Waals surface area (Å²) in [7, 11) is 0. The zero-order valence-corrected chi connectivity index (χ0v) is 22.2. The minimum atomic E-state index is -0.546. The van der Waals surface area contributed by atoms with Gasteiger partial charge in [0, 0.05) is 39.7 Å². The Morgan fingerprint density at radius 3 is 2.29 bits per heavy atom. The number of hydrogen-bond acceptors (Lipinski definition) is 8. The van der Waals surface area contributed by atoms with Gasteiger partial charge in [-0.25, -0.2) is 4.98 Å². The van der Waals surface area contributed by atoms with Crippen LogP contribution in [-0.4, -0.2) is 25.7 Å². The highest BCUT2D eigenvalue weighted by Gasteiger charge is 2.23. The van der Waals surface area contributed by atoms with E-state index in [-0.39, 0.29) is 29.3 Å². The van der Waals surface area contributed by atoms with Crippen LogP contribution >= 0.6 is 15.9 Å². The number of benzene rings is 3. The number of nitro benzene ring substituents is 2. The second-order valence-corrected chi connectivity index (χ2v) is 10.3. The third-order valence-corrected chi connectivity index (χ3v) is 6.03. The Balaban J connectivity index is 1.76. The van der Waals surface area contributed by atoms with E-state index in [0.29, 0.717) is 26.8 Å². The maximum absolute atomic E-state index is 13.4. The molecule has 1 aromatic heterocycles. The van der Waals surface area contributed by atoms with Gasteiger partial charge in [0.1, 0.15) is 18.2 Å². The minimum Gasteiger partial charge on any atom is -0.488 e. The van der Waals surface area contributed by atoms with E-state index >= 15 is 0 Å². The summed E-state index contributed by atoms with van der Waals surface area (Å²) >= 11 is 3.38. The average Bonchev–Trinajstić information content (AvgIpc) is 2.87.